The minimum atomic E-state index is 0.251. The number of benzene rings is 2. The van der Waals surface area contributed by atoms with Gasteiger partial charge < -0.3 is 5.32 Å². The van der Waals surface area contributed by atoms with Gasteiger partial charge in [0.2, 0.25) is 0 Å². The van der Waals surface area contributed by atoms with Gasteiger partial charge in [0.25, 0.3) is 0 Å². The number of hydrogen-bond acceptors (Lipinski definition) is 1. The molecule has 0 heterocycles. The van der Waals surface area contributed by atoms with Crippen molar-refractivity contribution in [1.82, 2.24) is 5.32 Å². The standard InChI is InChI=1S/C19H24BrN/c1-6-21-19(16-7-8-18(20)15(5)10-16)17-11-13(3)12(2)9-14(17)4/h7-11,19,21H,6H2,1-5H3. The first-order valence-corrected chi connectivity index (χ1v) is 8.30. The predicted molar refractivity (Wildman–Crippen MR) is 95.1 cm³/mol. The number of nitrogens with one attached hydrogen (secondary N) is 1. The van der Waals surface area contributed by atoms with Crippen molar-refractivity contribution in [3.05, 3.63) is 68.2 Å². The number of aryl methyl sites for hydroxylation is 4. The predicted octanol–water partition coefficient (Wildman–Crippen LogP) is 5.38. The zero-order valence-corrected chi connectivity index (χ0v) is 15.1. The highest BCUT2D eigenvalue weighted by atomic mass is 79.9. The molecule has 0 radical (unpaired) electrons. The summed E-state index contributed by atoms with van der Waals surface area (Å²) >= 11 is 3.59. The van der Waals surface area contributed by atoms with Gasteiger partial charge in [-0.1, -0.05) is 47.1 Å². The molecule has 0 saturated heterocycles. The smallest absolute Gasteiger partial charge is 0.0579 e. The zero-order valence-electron chi connectivity index (χ0n) is 13.5. The lowest BCUT2D eigenvalue weighted by atomic mass is 9.91. The van der Waals surface area contributed by atoms with Crippen LogP contribution in [0.3, 0.4) is 0 Å². The third-order valence-corrected chi connectivity index (χ3v) is 5.01. The fourth-order valence-electron chi connectivity index (χ4n) is 2.75. The van der Waals surface area contributed by atoms with Crippen LogP contribution in [-0.4, -0.2) is 6.54 Å². The Morgan fingerprint density at radius 3 is 2.19 bits per heavy atom. The molecule has 1 N–H and O–H groups in total. The molecule has 1 unspecified atom stereocenters. The van der Waals surface area contributed by atoms with Crippen molar-refractivity contribution in [2.45, 2.75) is 40.7 Å². The third-order valence-electron chi connectivity index (χ3n) is 4.12. The van der Waals surface area contributed by atoms with Crippen LogP contribution in [0, 0.1) is 27.7 Å². The molecule has 21 heavy (non-hydrogen) atoms. The Labute approximate surface area is 136 Å². The van der Waals surface area contributed by atoms with Gasteiger partial charge in [0.1, 0.15) is 0 Å². The summed E-state index contributed by atoms with van der Waals surface area (Å²) < 4.78 is 1.17. The second kappa shape index (κ2) is 6.76. The molecule has 2 heteroatoms. The van der Waals surface area contributed by atoms with Crippen molar-refractivity contribution in [2.24, 2.45) is 0 Å². The van der Waals surface area contributed by atoms with Crippen molar-refractivity contribution in [3.8, 4) is 0 Å². The fourth-order valence-corrected chi connectivity index (χ4v) is 3.00. The fraction of sp³-hybridized carbons (Fsp3) is 0.368. The van der Waals surface area contributed by atoms with Gasteiger partial charge in [0, 0.05) is 4.47 Å². The Bertz CT molecular complexity index is 646. The molecule has 2 aromatic carbocycles. The first-order chi connectivity index (χ1) is 9.93. The number of rotatable bonds is 4. The Morgan fingerprint density at radius 1 is 0.905 bits per heavy atom. The summed E-state index contributed by atoms with van der Waals surface area (Å²) in [4.78, 5) is 0. The Kier molecular flexibility index (Phi) is 5.23. The molecule has 112 valence electrons. The van der Waals surface area contributed by atoms with E-state index in [4.69, 9.17) is 0 Å². The highest BCUT2D eigenvalue weighted by Gasteiger charge is 2.16. The van der Waals surface area contributed by atoms with Crippen molar-refractivity contribution >= 4 is 15.9 Å². The maximum Gasteiger partial charge on any atom is 0.0579 e. The summed E-state index contributed by atoms with van der Waals surface area (Å²) in [5.74, 6) is 0. The molecule has 0 spiro atoms. The van der Waals surface area contributed by atoms with Gasteiger partial charge in [0.15, 0.2) is 0 Å². The molecule has 0 aromatic heterocycles. The van der Waals surface area contributed by atoms with E-state index in [1.54, 1.807) is 0 Å². The molecule has 0 aliphatic heterocycles. The summed E-state index contributed by atoms with van der Waals surface area (Å²) in [6.07, 6.45) is 0. The van der Waals surface area contributed by atoms with E-state index in [2.05, 4.69) is 86.2 Å². The van der Waals surface area contributed by atoms with Gasteiger partial charge in [-0.05, 0) is 73.7 Å². The summed E-state index contributed by atoms with van der Waals surface area (Å²) in [6.45, 7) is 11.8. The van der Waals surface area contributed by atoms with E-state index in [0.29, 0.717) is 0 Å². The van der Waals surface area contributed by atoms with E-state index < -0.39 is 0 Å². The molecule has 0 bridgehead atoms. The van der Waals surface area contributed by atoms with Gasteiger partial charge in [0.05, 0.1) is 6.04 Å². The van der Waals surface area contributed by atoms with Gasteiger partial charge in [-0.25, -0.2) is 0 Å². The first-order valence-electron chi connectivity index (χ1n) is 7.51. The second-order valence-electron chi connectivity index (χ2n) is 5.79. The molecule has 0 fully saturated rings. The van der Waals surface area contributed by atoms with Crippen LogP contribution < -0.4 is 5.32 Å². The topological polar surface area (TPSA) is 12.0 Å². The molecule has 2 rings (SSSR count). The quantitative estimate of drug-likeness (QED) is 0.783. The van der Waals surface area contributed by atoms with Crippen molar-refractivity contribution < 1.29 is 0 Å². The van der Waals surface area contributed by atoms with E-state index in [-0.39, 0.29) is 6.04 Å². The summed E-state index contributed by atoms with van der Waals surface area (Å²) in [6, 6.07) is 11.5. The third kappa shape index (κ3) is 3.56. The molecule has 0 amide bonds. The molecule has 0 aliphatic rings. The lowest BCUT2D eigenvalue weighted by molar-refractivity contribution is 0.626. The lowest BCUT2D eigenvalue weighted by Crippen LogP contribution is -2.23. The van der Waals surface area contributed by atoms with E-state index in [1.165, 1.54) is 37.9 Å². The summed E-state index contributed by atoms with van der Waals surface area (Å²) in [5, 5.41) is 3.63. The first kappa shape index (κ1) is 16.3. The molecular formula is C19H24BrN. The Balaban J connectivity index is 2.52. The van der Waals surface area contributed by atoms with Crippen molar-refractivity contribution in [3.63, 3.8) is 0 Å². The van der Waals surface area contributed by atoms with Crippen LogP contribution in [0.4, 0.5) is 0 Å². The van der Waals surface area contributed by atoms with Crippen LogP contribution in [0.1, 0.15) is 46.3 Å². The normalized spacial score (nSPS) is 12.5. The summed E-state index contributed by atoms with van der Waals surface area (Å²) in [5.41, 5.74) is 8.04. The number of hydrogen-bond donors (Lipinski definition) is 1. The van der Waals surface area contributed by atoms with Crippen LogP contribution in [-0.2, 0) is 0 Å². The van der Waals surface area contributed by atoms with Crippen molar-refractivity contribution in [1.29, 1.82) is 0 Å². The minimum absolute atomic E-state index is 0.251. The molecule has 2 aromatic rings. The average molecular weight is 346 g/mol. The SMILES string of the molecule is CCNC(c1ccc(Br)c(C)c1)c1cc(C)c(C)cc1C. The molecular weight excluding hydrogens is 322 g/mol. The van der Waals surface area contributed by atoms with E-state index in [1.807, 2.05) is 0 Å². The highest BCUT2D eigenvalue weighted by molar-refractivity contribution is 9.10. The van der Waals surface area contributed by atoms with E-state index >= 15 is 0 Å². The van der Waals surface area contributed by atoms with E-state index in [0.717, 1.165) is 6.54 Å². The van der Waals surface area contributed by atoms with Gasteiger partial charge in [-0.2, -0.15) is 0 Å². The molecule has 0 saturated carbocycles. The molecule has 1 nitrogen and oxygen atoms in total. The van der Waals surface area contributed by atoms with Crippen LogP contribution in [0.5, 0.6) is 0 Å². The largest absolute Gasteiger partial charge is 0.307 e. The van der Waals surface area contributed by atoms with Crippen LogP contribution in [0.25, 0.3) is 0 Å². The zero-order chi connectivity index (χ0) is 15.6. The van der Waals surface area contributed by atoms with E-state index in [9.17, 15) is 0 Å². The maximum absolute atomic E-state index is 3.63. The Morgan fingerprint density at radius 2 is 1.57 bits per heavy atom. The van der Waals surface area contributed by atoms with Crippen LogP contribution in [0.2, 0.25) is 0 Å². The maximum atomic E-state index is 3.63. The van der Waals surface area contributed by atoms with Gasteiger partial charge in [-0.15, -0.1) is 0 Å². The number of halogens is 1. The van der Waals surface area contributed by atoms with Crippen LogP contribution in [0.15, 0.2) is 34.8 Å². The lowest BCUT2D eigenvalue weighted by Gasteiger charge is -2.23. The molecule has 1 atom stereocenters. The molecule has 0 aliphatic carbocycles. The minimum Gasteiger partial charge on any atom is -0.307 e. The summed E-state index contributed by atoms with van der Waals surface area (Å²) in [7, 11) is 0. The van der Waals surface area contributed by atoms with Crippen molar-refractivity contribution in [2.75, 3.05) is 6.54 Å². The monoisotopic (exact) mass is 345 g/mol. The Hall–Kier alpha value is -1.12. The highest BCUT2D eigenvalue weighted by Crippen LogP contribution is 2.29. The second-order valence-corrected chi connectivity index (χ2v) is 6.65. The van der Waals surface area contributed by atoms with Gasteiger partial charge >= 0.3 is 0 Å². The average Bonchev–Trinajstić information content (AvgIpc) is 2.44. The van der Waals surface area contributed by atoms with Gasteiger partial charge in [-0.3, -0.25) is 0 Å². The van der Waals surface area contributed by atoms with Crippen LogP contribution >= 0.6 is 15.9 Å².